The van der Waals surface area contributed by atoms with E-state index < -0.39 is 5.60 Å². The molecular formula is C25H42BO2S. The van der Waals surface area contributed by atoms with Gasteiger partial charge in [0.15, 0.2) is 0 Å². The lowest BCUT2D eigenvalue weighted by molar-refractivity contribution is -0.129. The molecule has 0 fully saturated rings. The van der Waals surface area contributed by atoms with Crippen LogP contribution in [0.1, 0.15) is 98.6 Å². The van der Waals surface area contributed by atoms with Crippen molar-refractivity contribution in [2.45, 2.75) is 110 Å². The van der Waals surface area contributed by atoms with Crippen LogP contribution in [0.4, 0.5) is 0 Å². The molecule has 0 aliphatic carbocycles. The standard InChI is InChI=1S/C25H42BO2S/c1-10-15-25(16-11-2,22(27)18(4)12-3)21-14-13-20(17-19(21)5)26-28-23(6,7)24(8,9)29/h13-14,17-18,29H,10-12,15-16H2,1-9H3. The van der Waals surface area contributed by atoms with Crippen LogP contribution in [0.2, 0.25) is 0 Å². The van der Waals surface area contributed by atoms with Gasteiger partial charge in [0.25, 0.3) is 0 Å². The molecule has 0 aliphatic rings. The van der Waals surface area contributed by atoms with Gasteiger partial charge in [-0.3, -0.25) is 4.79 Å². The van der Waals surface area contributed by atoms with Crippen molar-refractivity contribution in [1.29, 1.82) is 0 Å². The Bertz CT molecular complexity index is 670. The number of Topliss-reactive ketones (excluding diaryl/α,β-unsaturated/α-hetero) is 1. The van der Waals surface area contributed by atoms with Crippen LogP contribution < -0.4 is 5.46 Å². The second-order valence-corrected chi connectivity index (χ2v) is 10.8. The van der Waals surface area contributed by atoms with E-state index in [-0.39, 0.29) is 16.1 Å². The molecule has 0 amide bonds. The molecule has 1 aromatic rings. The number of benzene rings is 1. The first-order chi connectivity index (χ1) is 13.4. The summed E-state index contributed by atoms with van der Waals surface area (Å²) in [5, 5.41) is 0. The van der Waals surface area contributed by atoms with E-state index in [9.17, 15) is 4.79 Å². The molecule has 1 rings (SSSR count). The van der Waals surface area contributed by atoms with Gasteiger partial charge in [-0.2, -0.15) is 12.6 Å². The molecule has 0 saturated heterocycles. The van der Waals surface area contributed by atoms with E-state index >= 15 is 0 Å². The Morgan fingerprint density at radius 1 is 1.10 bits per heavy atom. The van der Waals surface area contributed by atoms with Gasteiger partial charge in [-0.1, -0.05) is 64.2 Å². The largest absolute Gasteiger partial charge is 0.428 e. The Labute approximate surface area is 186 Å². The van der Waals surface area contributed by atoms with Crippen molar-refractivity contribution in [2.24, 2.45) is 5.92 Å². The summed E-state index contributed by atoms with van der Waals surface area (Å²) in [6.45, 7) is 18.9. The van der Waals surface area contributed by atoms with Crippen LogP contribution in [-0.2, 0) is 14.9 Å². The third-order valence-electron chi connectivity index (χ3n) is 6.61. The highest BCUT2D eigenvalue weighted by Crippen LogP contribution is 2.39. The number of carbonyl (C=O) groups is 1. The van der Waals surface area contributed by atoms with Gasteiger partial charge in [-0.05, 0) is 65.0 Å². The summed E-state index contributed by atoms with van der Waals surface area (Å²) in [6, 6.07) is 6.41. The van der Waals surface area contributed by atoms with Crippen LogP contribution in [0.5, 0.6) is 0 Å². The van der Waals surface area contributed by atoms with Gasteiger partial charge in [0.1, 0.15) is 5.78 Å². The molecule has 0 aromatic heterocycles. The highest BCUT2D eigenvalue weighted by atomic mass is 32.1. The van der Waals surface area contributed by atoms with Crippen molar-refractivity contribution in [2.75, 3.05) is 0 Å². The Hall–Kier alpha value is -0.735. The van der Waals surface area contributed by atoms with E-state index in [1.807, 2.05) is 7.48 Å². The van der Waals surface area contributed by atoms with E-state index in [2.05, 4.69) is 93.1 Å². The molecule has 163 valence electrons. The molecule has 4 heteroatoms. The second kappa shape index (κ2) is 10.5. The van der Waals surface area contributed by atoms with Crippen molar-refractivity contribution in [3.63, 3.8) is 0 Å². The summed E-state index contributed by atoms with van der Waals surface area (Å²) in [5.74, 6) is 0.484. The molecule has 0 N–H and O–H groups in total. The van der Waals surface area contributed by atoms with Gasteiger partial charge < -0.3 is 4.65 Å². The summed E-state index contributed by atoms with van der Waals surface area (Å²) in [6.07, 6.45) is 4.71. The molecule has 2 nitrogen and oxygen atoms in total. The van der Waals surface area contributed by atoms with E-state index in [4.69, 9.17) is 4.65 Å². The number of carbonyl (C=O) groups excluding carboxylic acids is 1. The Balaban J connectivity index is 3.28. The van der Waals surface area contributed by atoms with Gasteiger partial charge in [0.05, 0.1) is 11.0 Å². The summed E-state index contributed by atoms with van der Waals surface area (Å²) < 4.78 is 5.82. The van der Waals surface area contributed by atoms with Gasteiger partial charge >= 0.3 is 7.48 Å². The molecule has 1 unspecified atom stereocenters. The second-order valence-electron chi connectivity index (χ2n) is 9.64. The van der Waals surface area contributed by atoms with E-state index in [1.54, 1.807) is 0 Å². The fourth-order valence-electron chi connectivity index (χ4n) is 3.94. The minimum atomic E-state index is -0.399. The molecule has 0 heterocycles. The van der Waals surface area contributed by atoms with Crippen LogP contribution >= 0.6 is 12.6 Å². The van der Waals surface area contributed by atoms with Crippen LogP contribution in [0.15, 0.2) is 18.2 Å². The molecule has 0 spiro atoms. The zero-order valence-electron chi connectivity index (χ0n) is 20.2. The molecule has 0 saturated carbocycles. The summed E-state index contributed by atoms with van der Waals surface area (Å²) in [5.41, 5.74) is 2.61. The Kier molecular flexibility index (Phi) is 9.55. The number of hydrogen-bond acceptors (Lipinski definition) is 3. The Morgan fingerprint density at radius 2 is 1.66 bits per heavy atom. The van der Waals surface area contributed by atoms with Gasteiger partial charge in [0, 0.05) is 10.7 Å². The predicted octanol–water partition coefficient (Wildman–Crippen LogP) is 6.20. The summed E-state index contributed by atoms with van der Waals surface area (Å²) >= 11 is 4.67. The average molecular weight is 417 g/mol. The molecule has 1 aromatic carbocycles. The highest BCUT2D eigenvalue weighted by molar-refractivity contribution is 7.81. The fraction of sp³-hybridized carbons (Fsp3) is 0.720. The normalized spacial score (nSPS) is 14.0. The van der Waals surface area contributed by atoms with E-state index in [0.29, 0.717) is 5.78 Å². The number of aryl methyl sites for hydroxylation is 1. The number of hydrogen-bond donors (Lipinski definition) is 1. The first kappa shape index (κ1) is 26.3. The average Bonchev–Trinajstić information content (AvgIpc) is 2.64. The molecular weight excluding hydrogens is 375 g/mol. The monoisotopic (exact) mass is 417 g/mol. The van der Waals surface area contributed by atoms with Crippen molar-refractivity contribution >= 4 is 31.4 Å². The molecule has 1 radical (unpaired) electrons. The van der Waals surface area contributed by atoms with Gasteiger partial charge in [-0.25, -0.2) is 0 Å². The van der Waals surface area contributed by atoms with Crippen molar-refractivity contribution in [3.05, 3.63) is 29.3 Å². The first-order valence-corrected chi connectivity index (χ1v) is 11.7. The third kappa shape index (κ3) is 6.13. The smallest absolute Gasteiger partial charge is 0.330 e. The van der Waals surface area contributed by atoms with Crippen LogP contribution in [0.25, 0.3) is 0 Å². The highest BCUT2D eigenvalue weighted by Gasteiger charge is 2.41. The van der Waals surface area contributed by atoms with Crippen molar-refractivity contribution < 1.29 is 9.45 Å². The van der Waals surface area contributed by atoms with Gasteiger partial charge in [0.2, 0.25) is 0 Å². The maximum Gasteiger partial charge on any atom is 0.330 e. The van der Waals surface area contributed by atoms with E-state index in [1.165, 1.54) is 11.1 Å². The number of thiol groups is 1. The fourth-order valence-corrected chi connectivity index (χ4v) is 3.99. The van der Waals surface area contributed by atoms with Crippen molar-refractivity contribution in [3.8, 4) is 0 Å². The van der Waals surface area contributed by atoms with Crippen LogP contribution in [0, 0.1) is 12.8 Å². The zero-order chi connectivity index (χ0) is 22.5. The third-order valence-corrected chi connectivity index (χ3v) is 7.15. The van der Waals surface area contributed by atoms with E-state index in [0.717, 1.165) is 37.6 Å². The minimum Gasteiger partial charge on any atom is -0.428 e. The predicted molar refractivity (Wildman–Crippen MR) is 131 cm³/mol. The molecule has 29 heavy (non-hydrogen) atoms. The van der Waals surface area contributed by atoms with Crippen LogP contribution in [0.3, 0.4) is 0 Å². The van der Waals surface area contributed by atoms with Gasteiger partial charge in [-0.15, -0.1) is 0 Å². The maximum atomic E-state index is 13.5. The molecule has 1 atom stereocenters. The maximum absolute atomic E-state index is 13.5. The lowest BCUT2D eigenvalue weighted by atomic mass is 9.65. The molecule has 0 aliphatic heterocycles. The SMILES string of the molecule is CCCC(CCC)(C(=O)C(C)CC)c1ccc([B]OC(C)(C)C(C)(C)S)cc1C. The molecule has 0 bridgehead atoms. The lowest BCUT2D eigenvalue weighted by Crippen LogP contribution is -2.46. The van der Waals surface area contributed by atoms with Crippen LogP contribution in [-0.4, -0.2) is 23.6 Å². The number of ketones is 1. The Morgan fingerprint density at radius 3 is 2.07 bits per heavy atom. The quantitative estimate of drug-likeness (QED) is 0.324. The summed E-state index contributed by atoms with van der Waals surface area (Å²) in [7, 11) is 1.83. The first-order valence-electron chi connectivity index (χ1n) is 11.2. The minimum absolute atomic E-state index is 0.0838. The van der Waals surface area contributed by atoms with Crippen molar-refractivity contribution in [1.82, 2.24) is 0 Å². The topological polar surface area (TPSA) is 26.3 Å². The zero-order valence-corrected chi connectivity index (χ0v) is 21.1. The lowest BCUT2D eigenvalue weighted by Gasteiger charge is -2.38. The number of rotatable bonds is 12. The summed E-state index contributed by atoms with van der Waals surface area (Å²) in [4.78, 5) is 13.5.